The van der Waals surface area contributed by atoms with Crippen molar-refractivity contribution in [1.29, 1.82) is 0 Å². The van der Waals surface area contributed by atoms with Gasteiger partial charge in [0.15, 0.2) is 5.75 Å². The molecular weight excluding hydrogens is 390 g/mol. The second-order valence-electron chi connectivity index (χ2n) is 7.41. The highest BCUT2D eigenvalue weighted by Crippen LogP contribution is 2.44. The minimum absolute atomic E-state index is 0.0194. The molecule has 4 rings (SSSR count). The molecule has 1 amide bonds. The van der Waals surface area contributed by atoms with Crippen molar-refractivity contribution in [2.24, 2.45) is 5.92 Å². The molecule has 1 atom stereocenters. The first-order chi connectivity index (χ1) is 13.9. The summed E-state index contributed by atoms with van der Waals surface area (Å²) in [5, 5.41) is 18.6. The van der Waals surface area contributed by atoms with E-state index in [9.17, 15) is 19.5 Å². The molecule has 0 spiro atoms. The van der Waals surface area contributed by atoms with Crippen LogP contribution in [0.2, 0.25) is 0 Å². The number of aromatic hydroxyl groups is 1. The van der Waals surface area contributed by atoms with Crippen LogP contribution in [-0.2, 0) is 0 Å². The number of hydrogen-bond acceptors (Lipinski definition) is 7. The number of para-hydroxylation sites is 1. The Morgan fingerprint density at radius 2 is 1.86 bits per heavy atom. The van der Waals surface area contributed by atoms with Gasteiger partial charge in [0, 0.05) is 19.0 Å². The molecule has 0 radical (unpaired) electrons. The molecular formula is C21H21N3O4S. The molecule has 0 bridgehead atoms. The molecule has 0 saturated heterocycles. The summed E-state index contributed by atoms with van der Waals surface area (Å²) >= 11 is 1.61. The zero-order valence-corrected chi connectivity index (χ0v) is 16.9. The second kappa shape index (κ2) is 7.36. The zero-order chi connectivity index (χ0) is 20.7. The lowest BCUT2D eigenvalue weighted by Crippen LogP contribution is -2.37. The van der Waals surface area contributed by atoms with Crippen molar-refractivity contribution in [3.05, 3.63) is 66.6 Å². The summed E-state index contributed by atoms with van der Waals surface area (Å²) in [6.45, 7) is 0. The highest BCUT2D eigenvalue weighted by atomic mass is 32.1. The van der Waals surface area contributed by atoms with E-state index < -0.39 is 10.9 Å². The van der Waals surface area contributed by atoms with E-state index in [2.05, 4.69) is 10.6 Å². The van der Waals surface area contributed by atoms with E-state index >= 15 is 0 Å². The summed E-state index contributed by atoms with van der Waals surface area (Å²) in [5.41, 5.74) is -0.563. The molecule has 1 aliphatic carbocycles. The van der Waals surface area contributed by atoms with E-state index in [1.807, 2.05) is 17.5 Å². The molecule has 3 aromatic rings. The van der Waals surface area contributed by atoms with E-state index in [4.69, 9.17) is 0 Å². The average molecular weight is 411 g/mol. The molecule has 1 aromatic heterocycles. The van der Waals surface area contributed by atoms with Gasteiger partial charge in [0.2, 0.25) is 0 Å². The van der Waals surface area contributed by atoms with Crippen molar-refractivity contribution in [1.82, 2.24) is 4.90 Å². The molecule has 1 aliphatic rings. The van der Waals surface area contributed by atoms with Crippen LogP contribution in [0.5, 0.6) is 5.75 Å². The SMILES string of the molecule is CN(C)C(=O)c1cccc(Nc2c(NC(c3cccs3)C3CC3)c(=O)c2=O)c1O. The molecule has 1 saturated carbocycles. The first-order valence-electron chi connectivity index (χ1n) is 9.32. The minimum atomic E-state index is -0.642. The number of nitrogens with one attached hydrogen (secondary N) is 2. The lowest BCUT2D eigenvalue weighted by atomic mass is 10.1. The van der Waals surface area contributed by atoms with Gasteiger partial charge in [-0.1, -0.05) is 12.1 Å². The zero-order valence-electron chi connectivity index (χ0n) is 16.1. The maximum atomic E-state index is 12.2. The summed E-state index contributed by atoms with van der Waals surface area (Å²) in [5.74, 6) is -0.191. The van der Waals surface area contributed by atoms with Gasteiger partial charge in [-0.25, -0.2) is 0 Å². The van der Waals surface area contributed by atoms with E-state index in [1.165, 1.54) is 11.0 Å². The third kappa shape index (κ3) is 3.51. The maximum Gasteiger partial charge on any atom is 0.257 e. The molecule has 1 unspecified atom stereocenters. The number of hydrogen-bond donors (Lipinski definition) is 3. The van der Waals surface area contributed by atoms with Crippen LogP contribution in [0, 0.1) is 5.92 Å². The molecule has 8 heteroatoms. The minimum Gasteiger partial charge on any atom is -0.505 e. The van der Waals surface area contributed by atoms with Crippen LogP contribution in [0.4, 0.5) is 17.1 Å². The lowest BCUT2D eigenvalue weighted by Gasteiger charge is -2.22. The molecule has 29 heavy (non-hydrogen) atoms. The van der Waals surface area contributed by atoms with Crippen LogP contribution in [0.3, 0.4) is 0 Å². The van der Waals surface area contributed by atoms with Crippen molar-refractivity contribution in [2.75, 3.05) is 24.7 Å². The van der Waals surface area contributed by atoms with Crippen molar-refractivity contribution < 1.29 is 9.90 Å². The number of phenolic OH excluding ortho intramolecular Hbond substituents is 1. The highest BCUT2D eigenvalue weighted by molar-refractivity contribution is 7.10. The summed E-state index contributed by atoms with van der Waals surface area (Å²) in [7, 11) is 3.17. The normalized spacial score (nSPS) is 14.6. The van der Waals surface area contributed by atoms with Crippen molar-refractivity contribution in [2.45, 2.75) is 18.9 Å². The van der Waals surface area contributed by atoms with Gasteiger partial charge in [0.1, 0.15) is 11.4 Å². The Kier molecular flexibility index (Phi) is 4.87. The third-order valence-corrected chi connectivity index (χ3v) is 6.04. The summed E-state index contributed by atoms with van der Waals surface area (Å²) in [4.78, 5) is 39.1. The first-order valence-corrected chi connectivity index (χ1v) is 10.2. The van der Waals surface area contributed by atoms with Crippen LogP contribution < -0.4 is 21.5 Å². The Bertz CT molecular complexity index is 1130. The van der Waals surface area contributed by atoms with E-state index in [0.29, 0.717) is 5.92 Å². The third-order valence-electron chi connectivity index (χ3n) is 5.09. The number of benzene rings is 1. The standard InChI is InChI=1S/C21H21N3O4S/c1-24(2)21(28)12-5-3-6-13(18(12)25)22-16-17(20(27)19(16)26)23-15(11-8-9-11)14-7-4-10-29-14/h3-7,10-11,15,22-23,25H,8-9H2,1-2H3. The van der Waals surface area contributed by atoms with Gasteiger partial charge in [-0.05, 0) is 42.3 Å². The number of amides is 1. The summed E-state index contributed by atoms with van der Waals surface area (Å²) in [6, 6.07) is 8.62. The van der Waals surface area contributed by atoms with Crippen LogP contribution in [0.25, 0.3) is 0 Å². The number of anilines is 3. The van der Waals surface area contributed by atoms with Gasteiger partial charge < -0.3 is 20.6 Å². The van der Waals surface area contributed by atoms with Crippen LogP contribution in [0.1, 0.15) is 34.1 Å². The monoisotopic (exact) mass is 411 g/mol. The van der Waals surface area contributed by atoms with E-state index in [1.54, 1.807) is 37.6 Å². The van der Waals surface area contributed by atoms with Gasteiger partial charge in [0.25, 0.3) is 16.8 Å². The predicted octanol–water partition coefficient (Wildman–Crippen LogP) is 3.06. The Morgan fingerprint density at radius 3 is 2.48 bits per heavy atom. The number of carbonyl (C=O) groups is 1. The Balaban J connectivity index is 1.63. The molecule has 150 valence electrons. The molecule has 0 aliphatic heterocycles. The maximum absolute atomic E-state index is 12.2. The Labute approximate surface area is 171 Å². The summed E-state index contributed by atoms with van der Waals surface area (Å²) in [6.07, 6.45) is 2.15. The molecule has 2 aromatic carbocycles. The number of nitrogens with zero attached hydrogens (tertiary/aromatic N) is 1. The van der Waals surface area contributed by atoms with Crippen LogP contribution in [0.15, 0.2) is 45.3 Å². The Morgan fingerprint density at radius 1 is 1.14 bits per heavy atom. The van der Waals surface area contributed by atoms with Crippen molar-refractivity contribution >= 4 is 34.3 Å². The molecule has 3 N–H and O–H groups in total. The van der Waals surface area contributed by atoms with Crippen molar-refractivity contribution in [3.8, 4) is 5.75 Å². The fourth-order valence-electron chi connectivity index (χ4n) is 3.32. The second-order valence-corrected chi connectivity index (χ2v) is 8.39. The predicted molar refractivity (Wildman–Crippen MR) is 114 cm³/mol. The van der Waals surface area contributed by atoms with Gasteiger partial charge in [0.05, 0.1) is 17.3 Å². The topological polar surface area (TPSA) is 98.7 Å². The van der Waals surface area contributed by atoms with E-state index in [0.717, 1.165) is 17.7 Å². The van der Waals surface area contributed by atoms with Gasteiger partial charge in [-0.2, -0.15) is 0 Å². The highest BCUT2D eigenvalue weighted by Gasteiger charge is 2.35. The number of rotatable bonds is 7. The first kappa shape index (κ1) is 19.2. The lowest BCUT2D eigenvalue weighted by molar-refractivity contribution is 0.0824. The van der Waals surface area contributed by atoms with Crippen LogP contribution in [-0.4, -0.2) is 30.0 Å². The van der Waals surface area contributed by atoms with Crippen LogP contribution >= 0.6 is 11.3 Å². The fraction of sp³-hybridized carbons (Fsp3) is 0.286. The fourth-order valence-corrected chi connectivity index (χ4v) is 4.19. The molecule has 1 heterocycles. The largest absolute Gasteiger partial charge is 0.505 e. The quantitative estimate of drug-likeness (QED) is 0.408. The smallest absolute Gasteiger partial charge is 0.257 e. The van der Waals surface area contributed by atoms with Gasteiger partial charge >= 0.3 is 0 Å². The molecule has 1 fully saturated rings. The number of phenols is 1. The molecule has 7 nitrogen and oxygen atoms in total. The van der Waals surface area contributed by atoms with Gasteiger partial charge in [-0.3, -0.25) is 14.4 Å². The van der Waals surface area contributed by atoms with Crippen molar-refractivity contribution in [3.63, 3.8) is 0 Å². The van der Waals surface area contributed by atoms with E-state index in [-0.39, 0.29) is 40.3 Å². The number of thiophene rings is 1. The number of carbonyl (C=O) groups excluding carboxylic acids is 1. The van der Waals surface area contributed by atoms with Gasteiger partial charge in [-0.15, -0.1) is 11.3 Å². The average Bonchev–Trinajstić information content (AvgIpc) is 3.40. The Hall–Kier alpha value is -3.13. The summed E-state index contributed by atoms with van der Waals surface area (Å²) < 4.78 is 0.